The number of benzene rings is 1. The monoisotopic (exact) mass is 252 g/mol. The van der Waals surface area contributed by atoms with Crippen molar-refractivity contribution in [3.63, 3.8) is 0 Å². The zero-order valence-corrected chi connectivity index (χ0v) is 10.3. The molecule has 0 fully saturated rings. The summed E-state index contributed by atoms with van der Waals surface area (Å²) in [5, 5.41) is 28.6. The highest BCUT2D eigenvalue weighted by molar-refractivity contribution is 6.09. The minimum atomic E-state index is -0.425. The molecule has 0 aliphatic heterocycles. The number of hydrogen-bond donors (Lipinski definition) is 3. The SMILES string of the molecule is CC=CC(=O)c1c(OC)cc(O)c(CCO)c1O. The van der Waals surface area contributed by atoms with E-state index in [9.17, 15) is 15.0 Å². The van der Waals surface area contributed by atoms with Gasteiger partial charge >= 0.3 is 0 Å². The molecule has 0 unspecified atom stereocenters. The first kappa shape index (κ1) is 14.1. The van der Waals surface area contributed by atoms with Gasteiger partial charge in [-0.3, -0.25) is 4.79 Å². The topological polar surface area (TPSA) is 87.0 Å². The van der Waals surface area contributed by atoms with Crippen LogP contribution in [-0.2, 0) is 6.42 Å². The van der Waals surface area contributed by atoms with Crippen LogP contribution in [0.5, 0.6) is 17.2 Å². The van der Waals surface area contributed by atoms with Crippen molar-refractivity contribution >= 4 is 5.78 Å². The van der Waals surface area contributed by atoms with Gasteiger partial charge < -0.3 is 20.1 Å². The van der Waals surface area contributed by atoms with E-state index in [2.05, 4.69) is 0 Å². The number of ketones is 1. The van der Waals surface area contributed by atoms with Crippen LogP contribution in [0.25, 0.3) is 0 Å². The first-order valence-corrected chi connectivity index (χ1v) is 5.46. The fourth-order valence-electron chi connectivity index (χ4n) is 1.66. The molecule has 0 aliphatic rings. The van der Waals surface area contributed by atoms with Gasteiger partial charge in [-0.2, -0.15) is 0 Å². The molecule has 3 N–H and O–H groups in total. The quantitative estimate of drug-likeness (QED) is 0.544. The van der Waals surface area contributed by atoms with Gasteiger partial charge in [-0.05, 0) is 13.0 Å². The van der Waals surface area contributed by atoms with E-state index in [1.807, 2.05) is 0 Å². The summed E-state index contributed by atoms with van der Waals surface area (Å²) < 4.78 is 4.97. The van der Waals surface area contributed by atoms with Crippen molar-refractivity contribution in [1.82, 2.24) is 0 Å². The van der Waals surface area contributed by atoms with E-state index >= 15 is 0 Å². The zero-order chi connectivity index (χ0) is 13.7. The van der Waals surface area contributed by atoms with Gasteiger partial charge in [0.05, 0.1) is 7.11 Å². The lowest BCUT2D eigenvalue weighted by Gasteiger charge is -2.13. The van der Waals surface area contributed by atoms with E-state index < -0.39 is 5.78 Å². The molecule has 0 saturated heterocycles. The maximum atomic E-state index is 11.8. The molecule has 0 radical (unpaired) electrons. The number of phenolic OH excluding ortho intramolecular Hbond substituents is 2. The molecule has 0 saturated carbocycles. The van der Waals surface area contributed by atoms with Crippen LogP contribution in [0.4, 0.5) is 0 Å². The Balaban J connectivity index is 3.46. The van der Waals surface area contributed by atoms with Crippen LogP contribution in [-0.4, -0.2) is 34.8 Å². The van der Waals surface area contributed by atoms with Crippen LogP contribution in [0.3, 0.4) is 0 Å². The minimum Gasteiger partial charge on any atom is -0.507 e. The molecule has 1 aromatic carbocycles. The van der Waals surface area contributed by atoms with Crippen LogP contribution >= 0.6 is 0 Å². The molecular formula is C13H16O5. The highest BCUT2D eigenvalue weighted by Crippen LogP contribution is 2.38. The normalized spacial score (nSPS) is 10.8. The maximum absolute atomic E-state index is 11.8. The summed E-state index contributed by atoms with van der Waals surface area (Å²) in [7, 11) is 1.34. The first-order valence-electron chi connectivity index (χ1n) is 5.46. The van der Waals surface area contributed by atoms with Crippen molar-refractivity contribution in [2.24, 2.45) is 0 Å². The molecule has 1 rings (SSSR count). The molecular weight excluding hydrogens is 236 g/mol. The highest BCUT2D eigenvalue weighted by Gasteiger charge is 2.21. The lowest BCUT2D eigenvalue weighted by Crippen LogP contribution is -2.03. The number of allylic oxidation sites excluding steroid dienone is 2. The number of carbonyl (C=O) groups excluding carboxylic acids is 1. The van der Waals surface area contributed by atoms with Crippen molar-refractivity contribution in [3.05, 3.63) is 29.3 Å². The Morgan fingerprint density at radius 1 is 1.44 bits per heavy atom. The third-order valence-corrected chi connectivity index (χ3v) is 2.49. The average molecular weight is 252 g/mol. The predicted molar refractivity (Wildman–Crippen MR) is 66.3 cm³/mol. The first-order chi connectivity index (χ1) is 8.56. The average Bonchev–Trinajstić information content (AvgIpc) is 2.33. The second-order valence-electron chi connectivity index (χ2n) is 3.64. The lowest BCUT2D eigenvalue weighted by atomic mass is 10.0. The Bertz CT molecular complexity index is 477. The molecule has 18 heavy (non-hydrogen) atoms. The molecule has 0 amide bonds. The second kappa shape index (κ2) is 6.07. The summed E-state index contributed by atoms with van der Waals surface area (Å²) in [5.74, 6) is -0.903. The van der Waals surface area contributed by atoms with E-state index in [4.69, 9.17) is 9.84 Å². The van der Waals surface area contributed by atoms with Gasteiger partial charge in [0.25, 0.3) is 0 Å². The maximum Gasteiger partial charge on any atom is 0.193 e. The van der Waals surface area contributed by atoms with Gasteiger partial charge in [-0.25, -0.2) is 0 Å². The van der Waals surface area contributed by atoms with Gasteiger partial charge in [0, 0.05) is 24.7 Å². The van der Waals surface area contributed by atoms with Crippen LogP contribution < -0.4 is 4.74 Å². The Morgan fingerprint density at radius 3 is 2.61 bits per heavy atom. The van der Waals surface area contributed by atoms with Crippen molar-refractivity contribution in [2.45, 2.75) is 13.3 Å². The molecule has 5 heteroatoms. The van der Waals surface area contributed by atoms with Gasteiger partial charge in [-0.15, -0.1) is 0 Å². The number of carbonyl (C=O) groups is 1. The van der Waals surface area contributed by atoms with E-state index in [1.165, 1.54) is 19.3 Å². The van der Waals surface area contributed by atoms with Crippen molar-refractivity contribution in [2.75, 3.05) is 13.7 Å². The smallest absolute Gasteiger partial charge is 0.193 e. The molecule has 1 aromatic rings. The Hall–Kier alpha value is -2.01. The highest BCUT2D eigenvalue weighted by atomic mass is 16.5. The Morgan fingerprint density at radius 2 is 2.11 bits per heavy atom. The Labute approximate surface area is 105 Å². The van der Waals surface area contributed by atoms with Crippen LogP contribution in [0.15, 0.2) is 18.2 Å². The van der Waals surface area contributed by atoms with Crippen LogP contribution in [0, 0.1) is 0 Å². The molecule has 0 aromatic heterocycles. The van der Waals surface area contributed by atoms with Gasteiger partial charge in [0.15, 0.2) is 5.78 Å². The fraction of sp³-hybridized carbons (Fsp3) is 0.308. The number of aliphatic hydroxyl groups is 1. The Kier molecular flexibility index (Phi) is 4.74. The molecule has 0 spiro atoms. The molecule has 5 nitrogen and oxygen atoms in total. The summed E-state index contributed by atoms with van der Waals surface area (Å²) >= 11 is 0. The van der Waals surface area contributed by atoms with E-state index in [-0.39, 0.29) is 41.4 Å². The molecule has 0 aliphatic carbocycles. The minimum absolute atomic E-state index is 0.0168. The second-order valence-corrected chi connectivity index (χ2v) is 3.64. The van der Waals surface area contributed by atoms with Crippen molar-refractivity contribution < 1.29 is 24.9 Å². The van der Waals surface area contributed by atoms with Crippen LogP contribution in [0.2, 0.25) is 0 Å². The summed E-state index contributed by atoms with van der Waals surface area (Å²) in [6, 6.07) is 1.25. The number of ether oxygens (including phenoxy) is 1. The molecule has 0 atom stereocenters. The van der Waals surface area contributed by atoms with E-state index in [0.29, 0.717) is 0 Å². The van der Waals surface area contributed by atoms with Crippen LogP contribution in [0.1, 0.15) is 22.8 Å². The summed E-state index contributed by atoms with van der Waals surface area (Å²) in [4.78, 5) is 11.8. The number of hydrogen-bond acceptors (Lipinski definition) is 5. The third-order valence-electron chi connectivity index (χ3n) is 2.49. The lowest BCUT2D eigenvalue weighted by molar-refractivity contribution is 0.104. The standard InChI is InChI=1S/C13H16O5/c1-3-4-9(15)12-11(18-2)7-10(16)8(5-6-14)13(12)17/h3-4,7,14,16-17H,5-6H2,1-2H3. The third kappa shape index (κ3) is 2.62. The number of rotatable bonds is 5. The van der Waals surface area contributed by atoms with Crippen molar-refractivity contribution in [1.29, 1.82) is 0 Å². The summed E-state index contributed by atoms with van der Waals surface area (Å²) in [5.41, 5.74) is 0.114. The molecule has 0 heterocycles. The number of methoxy groups -OCH3 is 1. The fourth-order valence-corrected chi connectivity index (χ4v) is 1.66. The summed E-state index contributed by atoms with van der Waals surface area (Å²) in [6.07, 6.45) is 2.88. The number of aliphatic hydroxyl groups excluding tert-OH is 1. The number of phenols is 2. The van der Waals surface area contributed by atoms with Gasteiger partial charge in [0.2, 0.25) is 0 Å². The van der Waals surface area contributed by atoms with Crippen molar-refractivity contribution in [3.8, 4) is 17.2 Å². The van der Waals surface area contributed by atoms with E-state index in [0.717, 1.165) is 0 Å². The van der Waals surface area contributed by atoms with Gasteiger partial charge in [-0.1, -0.05) is 6.08 Å². The molecule has 0 bridgehead atoms. The largest absolute Gasteiger partial charge is 0.507 e. The summed E-state index contributed by atoms with van der Waals surface area (Å²) in [6.45, 7) is 1.43. The van der Waals surface area contributed by atoms with E-state index in [1.54, 1.807) is 13.0 Å². The predicted octanol–water partition coefficient (Wildman–Crippen LogP) is 1.40. The van der Waals surface area contributed by atoms with Gasteiger partial charge in [0.1, 0.15) is 22.8 Å². The zero-order valence-electron chi connectivity index (χ0n) is 10.3. The molecule has 98 valence electrons. The number of aromatic hydroxyl groups is 2.